The first-order chi connectivity index (χ1) is 12.6. The van der Waals surface area contributed by atoms with Crippen LogP contribution in [-0.4, -0.2) is 31.7 Å². The second-order valence-electron chi connectivity index (χ2n) is 7.31. The fourth-order valence-corrected chi connectivity index (χ4v) is 4.31. The van der Waals surface area contributed by atoms with Gasteiger partial charge in [-0.25, -0.2) is 0 Å². The largest absolute Gasteiger partial charge is 0.372 e. The van der Waals surface area contributed by atoms with Gasteiger partial charge in [0.1, 0.15) is 19.2 Å². The molecule has 1 unspecified atom stereocenters. The zero-order valence-corrected chi connectivity index (χ0v) is 16.5. The summed E-state index contributed by atoms with van der Waals surface area (Å²) in [4.78, 5) is 15.3. The minimum absolute atomic E-state index is 0.0719. The number of benzene rings is 1. The van der Waals surface area contributed by atoms with Gasteiger partial charge in [0.2, 0.25) is 0 Å². The summed E-state index contributed by atoms with van der Waals surface area (Å²) in [6.07, 6.45) is 2.51. The van der Waals surface area contributed by atoms with Gasteiger partial charge in [0.05, 0.1) is 4.88 Å². The van der Waals surface area contributed by atoms with Crippen LogP contribution in [0.15, 0.2) is 41.8 Å². The molecule has 3 rings (SSSR count). The molecule has 1 aliphatic rings. The molecule has 1 aliphatic heterocycles. The Balaban J connectivity index is 1.64. The lowest BCUT2D eigenvalue weighted by Crippen LogP contribution is -3.12. The van der Waals surface area contributed by atoms with E-state index in [1.165, 1.54) is 15.3 Å². The average molecular weight is 374 g/mol. The van der Waals surface area contributed by atoms with Gasteiger partial charge in [-0.3, -0.25) is 4.79 Å². The van der Waals surface area contributed by atoms with Crippen LogP contribution in [0.4, 0.5) is 5.69 Å². The lowest BCUT2D eigenvalue weighted by Gasteiger charge is -2.22. The van der Waals surface area contributed by atoms with Crippen LogP contribution in [0.2, 0.25) is 0 Å². The molecule has 1 saturated heterocycles. The van der Waals surface area contributed by atoms with Crippen molar-refractivity contribution in [3.8, 4) is 0 Å². The van der Waals surface area contributed by atoms with Crippen LogP contribution < -0.4 is 10.2 Å². The number of thiophene rings is 1. The molecule has 140 valence electrons. The van der Waals surface area contributed by atoms with Crippen molar-refractivity contribution in [2.24, 2.45) is 0 Å². The van der Waals surface area contributed by atoms with Crippen LogP contribution >= 0.6 is 11.3 Å². The number of hydrogen-bond donors (Lipinski definition) is 2. The molecule has 26 heavy (non-hydrogen) atoms. The number of quaternary nitrogens is 1. The minimum Gasteiger partial charge on any atom is -0.372 e. The van der Waals surface area contributed by atoms with E-state index in [1.54, 1.807) is 11.3 Å². The quantitative estimate of drug-likeness (QED) is 0.747. The van der Waals surface area contributed by atoms with Crippen molar-refractivity contribution in [2.45, 2.75) is 45.3 Å². The Morgan fingerprint density at radius 3 is 2.85 bits per heavy atom. The van der Waals surface area contributed by atoms with Crippen molar-refractivity contribution in [2.75, 3.05) is 25.0 Å². The summed E-state index contributed by atoms with van der Waals surface area (Å²) >= 11 is 1.75. The van der Waals surface area contributed by atoms with E-state index in [0.29, 0.717) is 12.5 Å². The van der Waals surface area contributed by atoms with E-state index < -0.39 is 0 Å². The third-order valence-corrected chi connectivity index (χ3v) is 5.69. The zero-order chi connectivity index (χ0) is 18.4. The molecule has 0 spiro atoms. The molecule has 2 atom stereocenters. The number of hydrogen-bond acceptors (Lipinski definition) is 3. The molecular weight excluding hydrogens is 344 g/mol. The van der Waals surface area contributed by atoms with Crippen molar-refractivity contribution < 1.29 is 14.4 Å². The smallest absolute Gasteiger partial charge is 0.279 e. The zero-order valence-electron chi connectivity index (χ0n) is 15.7. The Hall–Kier alpha value is -1.69. The van der Waals surface area contributed by atoms with Gasteiger partial charge in [0.25, 0.3) is 5.91 Å². The van der Waals surface area contributed by atoms with Crippen molar-refractivity contribution in [3.05, 3.63) is 52.2 Å². The summed E-state index contributed by atoms with van der Waals surface area (Å²) in [6, 6.07) is 12.3. The monoisotopic (exact) mass is 373 g/mol. The molecule has 0 aliphatic carbocycles. The first-order valence-corrected chi connectivity index (χ1v) is 10.4. The molecule has 2 N–H and O–H groups in total. The van der Waals surface area contributed by atoms with Crippen LogP contribution in [0.5, 0.6) is 0 Å². The number of carbonyl (C=O) groups is 1. The highest BCUT2D eigenvalue weighted by atomic mass is 32.1. The maximum atomic E-state index is 12.7. The Morgan fingerprint density at radius 1 is 1.31 bits per heavy atom. The number of amides is 1. The highest BCUT2D eigenvalue weighted by molar-refractivity contribution is 7.09. The third-order valence-electron chi connectivity index (χ3n) is 4.81. The normalized spacial score (nSPS) is 18.2. The number of para-hydroxylation sites is 1. The van der Waals surface area contributed by atoms with E-state index >= 15 is 0 Å². The standard InChI is InChI=1S/C21H28N2O2S/c1-16(2)19-9-3-4-10-20(19)22-21(24)15-23(13-17-7-5-11-25-17)14-18-8-6-12-26-18/h3-4,6,8-10,12,16-17H,5,7,11,13-15H2,1-2H3,(H,22,24)/p+1/t17-/m0/s1. The summed E-state index contributed by atoms with van der Waals surface area (Å²) in [5.41, 5.74) is 2.11. The summed E-state index contributed by atoms with van der Waals surface area (Å²) in [5.74, 6) is 0.454. The van der Waals surface area contributed by atoms with Crippen LogP contribution in [0.1, 0.15) is 43.0 Å². The maximum Gasteiger partial charge on any atom is 0.279 e. The molecule has 4 nitrogen and oxygen atoms in total. The molecule has 5 heteroatoms. The van der Waals surface area contributed by atoms with E-state index in [2.05, 4.69) is 42.7 Å². The van der Waals surface area contributed by atoms with E-state index in [4.69, 9.17) is 4.74 Å². The number of ether oxygens (including phenoxy) is 1. The Labute approximate surface area is 160 Å². The van der Waals surface area contributed by atoms with Crippen molar-refractivity contribution in [1.82, 2.24) is 0 Å². The van der Waals surface area contributed by atoms with Gasteiger partial charge in [-0.1, -0.05) is 38.1 Å². The predicted octanol–water partition coefficient (Wildman–Crippen LogP) is 3.07. The van der Waals surface area contributed by atoms with Crippen LogP contribution in [0.25, 0.3) is 0 Å². The topological polar surface area (TPSA) is 42.8 Å². The summed E-state index contributed by atoms with van der Waals surface area (Å²) in [6.45, 7) is 7.37. The molecule has 1 aromatic heterocycles. The summed E-state index contributed by atoms with van der Waals surface area (Å²) in [5, 5.41) is 5.22. The Morgan fingerprint density at radius 2 is 2.15 bits per heavy atom. The third kappa shape index (κ3) is 5.40. The van der Waals surface area contributed by atoms with Crippen LogP contribution in [0.3, 0.4) is 0 Å². The first-order valence-electron chi connectivity index (χ1n) is 9.48. The van der Waals surface area contributed by atoms with E-state index in [9.17, 15) is 4.79 Å². The Kier molecular flexibility index (Phi) is 6.83. The van der Waals surface area contributed by atoms with Gasteiger partial charge in [0.15, 0.2) is 6.54 Å². The van der Waals surface area contributed by atoms with Gasteiger partial charge < -0.3 is 15.0 Å². The van der Waals surface area contributed by atoms with Crippen LogP contribution in [-0.2, 0) is 16.1 Å². The van der Waals surface area contributed by atoms with E-state index in [1.807, 2.05) is 18.2 Å². The minimum atomic E-state index is 0.0719. The predicted molar refractivity (Wildman–Crippen MR) is 107 cm³/mol. The van der Waals surface area contributed by atoms with Crippen LogP contribution in [0, 0.1) is 0 Å². The average Bonchev–Trinajstić information content (AvgIpc) is 3.29. The highest BCUT2D eigenvalue weighted by Gasteiger charge is 2.24. The number of rotatable bonds is 8. The molecule has 0 bridgehead atoms. The molecule has 1 amide bonds. The van der Waals surface area contributed by atoms with Crippen molar-refractivity contribution in [1.29, 1.82) is 0 Å². The van der Waals surface area contributed by atoms with Gasteiger partial charge in [-0.05, 0) is 41.8 Å². The lowest BCUT2D eigenvalue weighted by molar-refractivity contribution is -0.908. The highest BCUT2D eigenvalue weighted by Crippen LogP contribution is 2.23. The Bertz CT molecular complexity index is 694. The number of carbonyl (C=O) groups excluding carboxylic acids is 1. The number of nitrogens with one attached hydrogen (secondary N) is 2. The molecular formula is C21H29N2O2S+. The second-order valence-corrected chi connectivity index (χ2v) is 8.34. The van der Waals surface area contributed by atoms with Crippen molar-refractivity contribution >= 4 is 22.9 Å². The lowest BCUT2D eigenvalue weighted by atomic mass is 10.0. The summed E-state index contributed by atoms with van der Waals surface area (Å²) < 4.78 is 5.80. The summed E-state index contributed by atoms with van der Waals surface area (Å²) in [7, 11) is 0. The molecule has 2 heterocycles. The second kappa shape index (κ2) is 9.31. The maximum absolute atomic E-state index is 12.7. The molecule has 0 saturated carbocycles. The molecule has 1 aromatic carbocycles. The SMILES string of the molecule is CC(C)c1ccccc1NC(=O)C[NH+](Cc1cccs1)C[C@@H]1CCCO1. The van der Waals surface area contributed by atoms with Gasteiger partial charge in [-0.2, -0.15) is 0 Å². The fraction of sp³-hybridized carbons (Fsp3) is 0.476. The first kappa shape index (κ1) is 19.1. The van der Waals surface area contributed by atoms with Gasteiger partial charge in [0, 0.05) is 12.3 Å². The molecule has 2 aromatic rings. The van der Waals surface area contributed by atoms with Crippen molar-refractivity contribution in [3.63, 3.8) is 0 Å². The van der Waals surface area contributed by atoms with E-state index in [0.717, 1.165) is 38.2 Å². The number of anilines is 1. The molecule has 1 fully saturated rings. The van der Waals surface area contributed by atoms with Gasteiger partial charge >= 0.3 is 0 Å². The molecule has 0 radical (unpaired) electrons. The van der Waals surface area contributed by atoms with Gasteiger partial charge in [-0.15, -0.1) is 11.3 Å². The fourth-order valence-electron chi connectivity index (χ4n) is 3.53. The van der Waals surface area contributed by atoms with E-state index in [-0.39, 0.29) is 12.0 Å².